The number of ether oxygens (including phenoxy) is 3. The number of nitrogens with one attached hydrogen (secondary N) is 2. The lowest BCUT2D eigenvalue weighted by Crippen LogP contribution is -2.35. The molecule has 29 heavy (non-hydrogen) atoms. The second kappa shape index (κ2) is 8.40. The Balaban J connectivity index is 1.28. The smallest absolute Gasteiger partial charge is 0.251 e. The number of fused-ring (bicyclic) bond motifs is 2. The van der Waals surface area contributed by atoms with Crippen molar-refractivity contribution in [2.24, 2.45) is 0 Å². The van der Waals surface area contributed by atoms with Gasteiger partial charge in [0, 0.05) is 30.3 Å². The molecule has 2 aromatic carbocycles. The van der Waals surface area contributed by atoms with E-state index in [1.165, 1.54) is 0 Å². The Hall–Kier alpha value is -3.26. The van der Waals surface area contributed by atoms with Crippen molar-refractivity contribution in [3.05, 3.63) is 47.5 Å². The fourth-order valence-corrected chi connectivity index (χ4v) is 3.25. The largest absolute Gasteiger partial charge is 0.491 e. The molecule has 8 heteroatoms. The highest BCUT2D eigenvalue weighted by Gasteiger charge is 2.17. The van der Waals surface area contributed by atoms with Gasteiger partial charge < -0.3 is 30.0 Å². The SMILES string of the molecule is O=C1CCCc2cc(C(=O)NC[C@H](O)COc3ccc4c(c3)OCO4)ccc2N1. The van der Waals surface area contributed by atoms with E-state index in [-0.39, 0.29) is 31.8 Å². The highest BCUT2D eigenvalue weighted by atomic mass is 16.7. The lowest BCUT2D eigenvalue weighted by Gasteiger charge is -2.14. The van der Waals surface area contributed by atoms with Crippen molar-refractivity contribution in [1.29, 1.82) is 0 Å². The van der Waals surface area contributed by atoms with Crippen molar-refractivity contribution < 1.29 is 28.9 Å². The normalized spacial score (nSPS) is 15.7. The van der Waals surface area contributed by atoms with Crippen LogP contribution in [0.1, 0.15) is 28.8 Å². The van der Waals surface area contributed by atoms with Gasteiger partial charge in [0.05, 0.1) is 0 Å². The van der Waals surface area contributed by atoms with Crippen molar-refractivity contribution in [3.63, 3.8) is 0 Å². The minimum Gasteiger partial charge on any atom is -0.491 e. The van der Waals surface area contributed by atoms with Gasteiger partial charge in [-0.15, -0.1) is 0 Å². The summed E-state index contributed by atoms with van der Waals surface area (Å²) in [7, 11) is 0. The minimum absolute atomic E-state index is 0.00784. The maximum Gasteiger partial charge on any atom is 0.251 e. The molecule has 0 aliphatic carbocycles. The van der Waals surface area contributed by atoms with Gasteiger partial charge >= 0.3 is 0 Å². The van der Waals surface area contributed by atoms with Crippen LogP contribution in [0.15, 0.2) is 36.4 Å². The van der Waals surface area contributed by atoms with E-state index in [9.17, 15) is 14.7 Å². The van der Waals surface area contributed by atoms with Crippen LogP contribution in [-0.4, -0.2) is 43.0 Å². The first-order valence-electron chi connectivity index (χ1n) is 9.50. The van der Waals surface area contributed by atoms with Crippen LogP contribution in [0, 0.1) is 0 Å². The Labute approximate surface area is 167 Å². The van der Waals surface area contributed by atoms with E-state index in [2.05, 4.69) is 10.6 Å². The van der Waals surface area contributed by atoms with Crippen LogP contribution in [0.3, 0.4) is 0 Å². The van der Waals surface area contributed by atoms with E-state index in [0.717, 1.165) is 24.1 Å². The Bertz CT molecular complexity index is 929. The standard InChI is InChI=1S/C21H22N2O6/c24-15(11-27-16-5-7-18-19(9-16)29-12-28-18)10-22-21(26)14-4-6-17-13(8-14)2-1-3-20(25)23-17/h4-9,15,24H,1-3,10-12H2,(H,22,26)(H,23,25)/t15-/m0/s1. The Kier molecular flexibility index (Phi) is 5.53. The number of carbonyl (C=O) groups is 2. The first kappa shape index (κ1) is 19.1. The van der Waals surface area contributed by atoms with E-state index < -0.39 is 6.10 Å². The third kappa shape index (κ3) is 4.60. The highest BCUT2D eigenvalue weighted by Crippen LogP contribution is 2.35. The molecule has 0 fully saturated rings. The lowest BCUT2D eigenvalue weighted by molar-refractivity contribution is -0.116. The van der Waals surface area contributed by atoms with Gasteiger partial charge in [0.1, 0.15) is 18.5 Å². The van der Waals surface area contributed by atoms with Gasteiger partial charge in [-0.1, -0.05) is 0 Å². The van der Waals surface area contributed by atoms with Crippen LogP contribution in [0.5, 0.6) is 17.2 Å². The number of aliphatic hydroxyl groups excluding tert-OH is 1. The molecular formula is C21H22N2O6. The molecule has 0 saturated carbocycles. The van der Waals surface area contributed by atoms with Crippen molar-refractivity contribution in [1.82, 2.24) is 5.32 Å². The van der Waals surface area contributed by atoms with Crippen LogP contribution >= 0.6 is 0 Å². The topological polar surface area (TPSA) is 106 Å². The second-order valence-electron chi connectivity index (χ2n) is 6.96. The van der Waals surface area contributed by atoms with Crippen molar-refractivity contribution in [2.45, 2.75) is 25.4 Å². The molecule has 4 rings (SSSR count). The Morgan fingerprint density at radius 3 is 2.93 bits per heavy atom. The molecule has 0 saturated heterocycles. The summed E-state index contributed by atoms with van der Waals surface area (Å²) in [6.45, 7) is 0.260. The molecule has 0 bridgehead atoms. The zero-order valence-electron chi connectivity index (χ0n) is 15.8. The average Bonchev–Trinajstić information content (AvgIpc) is 3.11. The molecule has 152 valence electrons. The number of rotatable bonds is 6. The quantitative estimate of drug-likeness (QED) is 0.686. The summed E-state index contributed by atoms with van der Waals surface area (Å²) in [5.74, 6) is 1.51. The lowest BCUT2D eigenvalue weighted by atomic mass is 10.0. The number of benzene rings is 2. The number of hydrogen-bond donors (Lipinski definition) is 3. The number of amides is 2. The molecule has 3 N–H and O–H groups in total. The number of carbonyl (C=O) groups excluding carboxylic acids is 2. The summed E-state index contributed by atoms with van der Waals surface area (Å²) in [5, 5.41) is 15.7. The highest BCUT2D eigenvalue weighted by molar-refractivity contribution is 5.97. The third-order valence-electron chi connectivity index (χ3n) is 4.78. The molecule has 1 atom stereocenters. The molecular weight excluding hydrogens is 376 g/mol. The maximum atomic E-state index is 12.4. The summed E-state index contributed by atoms with van der Waals surface area (Å²) in [4.78, 5) is 24.0. The Morgan fingerprint density at radius 1 is 1.17 bits per heavy atom. The van der Waals surface area contributed by atoms with Gasteiger partial charge in [-0.3, -0.25) is 9.59 Å². The van der Waals surface area contributed by atoms with Crippen molar-refractivity contribution >= 4 is 17.5 Å². The Morgan fingerprint density at radius 2 is 2.03 bits per heavy atom. The molecule has 0 radical (unpaired) electrons. The summed E-state index contributed by atoms with van der Waals surface area (Å²) < 4.78 is 16.1. The molecule has 0 aromatic heterocycles. The summed E-state index contributed by atoms with van der Waals surface area (Å²) in [5.41, 5.74) is 2.18. The zero-order chi connectivity index (χ0) is 20.2. The number of aliphatic hydroxyl groups is 1. The number of anilines is 1. The molecule has 2 aliphatic heterocycles. The van der Waals surface area contributed by atoms with Gasteiger partial charge in [0.2, 0.25) is 12.7 Å². The zero-order valence-corrected chi connectivity index (χ0v) is 15.8. The molecule has 2 heterocycles. The molecule has 0 unspecified atom stereocenters. The summed E-state index contributed by atoms with van der Waals surface area (Å²) in [6, 6.07) is 10.4. The van der Waals surface area contributed by atoms with Gasteiger partial charge in [-0.2, -0.15) is 0 Å². The van der Waals surface area contributed by atoms with Gasteiger partial charge in [0.15, 0.2) is 11.5 Å². The molecule has 2 aliphatic rings. The third-order valence-corrected chi connectivity index (χ3v) is 4.78. The van der Waals surface area contributed by atoms with E-state index >= 15 is 0 Å². The predicted molar refractivity (Wildman–Crippen MR) is 104 cm³/mol. The first-order chi connectivity index (χ1) is 14.1. The van der Waals surface area contributed by atoms with Crippen LogP contribution in [-0.2, 0) is 11.2 Å². The monoisotopic (exact) mass is 398 g/mol. The molecule has 0 spiro atoms. The molecule has 2 amide bonds. The van der Waals surface area contributed by atoms with Gasteiger partial charge in [-0.05, 0) is 48.7 Å². The van der Waals surface area contributed by atoms with E-state index in [1.54, 1.807) is 36.4 Å². The second-order valence-corrected chi connectivity index (χ2v) is 6.96. The summed E-state index contributed by atoms with van der Waals surface area (Å²) in [6.07, 6.45) is 1.09. The predicted octanol–water partition coefficient (Wildman–Crippen LogP) is 1.86. The number of hydrogen-bond acceptors (Lipinski definition) is 6. The van der Waals surface area contributed by atoms with Crippen LogP contribution in [0.2, 0.25) is 0 Å². The minimum atomic E-state index is -0.871. The fourth-order valence-electron chi connectivity index (χ4n) is 3.25. The molecule has 2 aromatic rings. The van der Waals surface area contributed by atoms with Crippen molar-refractivity contribution in [2.75, 3.05) is 25.3 Å². The van der Waals surface area contributed by atoms with Crippen LogP contribution in [0.4, 0.5) is 5.69 Å². The van der Waals surface area contributed by atoms with E-state index in [4.69, 9.17) is 14.2 Å². The maximum absolute atomic E-state index is 12.4. The van der Waals surface area contributed by atoms with Gasteiger partial charge in [-0.25, -0.2) is 0 Å². The van der Waals surface area contributed by atoms with Crippen LogP contribution < -0.4 is 24.8 Å². The van der Waals surface area contributed by atoms with Crippen molar-refractivity contribution in [3.8, 4) is 17.2 Å². The molecule has 8 nitrogen and oxygen atoms in total. The summed E-state index contributed by atoms with van der Waals surface area (Å²) >= 11 is 0. The van der Waals surface area contributed by atoms with E-state index in [0.29, 0.717) is 29.2 Å². The average molecular weight is 398 g/mol. The van der Waals surface area contributed by atoms with Gasteiger partial charge in [0.25, 0.3) is 5.91 Å². The fraction of sp³-hybridized carbons (Fsp3) is 0.333. The van der Waals surface area contributed by atoms with E-state index in [1.807, 2.05) is 0 Å². The van der Waals surface area contributed by atoms with Crippen LogP contribution in [0.25, 0.3) is 0 Å². The number of aryl methyl sites for hydroxylation is 1. The first-order valence-corrected chi connectivity index (χ1v) is 9.50.